The van der Waals surface area contributed by atoms with Crippen molar-refractivity contribution in [1.29, 1.82) is 0 Å². The van der Waals surface area contributed by atoms with Gasteiger partial charge in [-0.05, 0) is 32.6 Å². The average molecular weight is 320 g/mol. The highest BCUT2D eigenvalue weighted by Gasteiger charge is 2.40. The maximum absolute atomic E-state index is 12.2. The first-order valence-corrected chi connectivity index (χ1v) is 8.56. The maximum atomic E-state index is 12.2. The van der Waals surface area contributed by atoms with Crippen molar-refractivity contribution in [1.82, 2.24) is 20.0 Å². The zero-order chi connectivity index (χ0) is 16.6. The van der Waals surface area contributed by atoms with E-state index in [2.05, 4.69) is 17.3 Å². The second-order valence-electron chi connectivity index (χ2n) is 6.94. The molecule has 1 saturated carbocycles. The largest absolute Gasteiger partial charge is 0.380 e. The number of hydrogen-bond acceptors (Lipinski definition) is 4. The summed E-state index contributed by atoms with van der Waals surface area (Å²) in [4.78, 5) is 14.1. The van der Waals surface area contributed by atoms with Gasteiger partial charge < -0.3 is 15.0 Å². The Labute approximate surface area is 138 Å². The number of amides is 1. The van der Waals surface area contributed by atoms with E-state index in [4.69, 9.17) is 4.74 Å². The lowest BCUT2D eigenvalue weighted by molar-refractivity contribution is -0.127. The first-order chi connectivity index (χ1) is 11.0. The predicted molar refractivity (Wildman–Crippen MR) is 88.1 cm³/mol. The fourth-order valence-corrected chi connectivity index (χ4v) is 3.52. The summed E-state index contributed by atoms with van der Waals surface area (Å²) in [6, 6.07) is 0.179. The molecule has 1 saturated heterocycles. The van der Waals surface area contributed by atoms with Crippen LogP contribution in [0.25, 0.3) is 0 Å². The van der Waals surface area contributed by atoms with Crippen LogP contribution in [0.4, 0.5) is 0 Å². The number of aryl methyl sites for hydroxylation is 2. The first kappa shape index (κ1) is 16.5. The highest BCUT2D eigenvalue weighted by molar-refractivity contribution is 5.80. The molecule has 0 unspecified atom stereocenters. The molecule has 128 valence electrons. The molecule has 6 heteroatoms. The second kappa shape index (κ2) is 6.61. The first-order valence-electron chi connectivity index (χ1n) is 8.56. The van der Waals surface area contributed by atoms with Crippen LogP contribution in [0.5, 0.6) is 0 Å². The third-order valence-electron chi connectivity index (χ3n) is 5.15. The van der Waals surface area contributed by atoms with E-state index in [9.17, 15) is 4.79 Å². The molecule has 1 aliphatic heterocycles. The minimum absolute atomic E-state index is 0.0552. The topological polar surface area (TPSA) is 59.4 Å². The number of nitrogens with zero attached hydrogens (tertiary/aromatic N) is 3. The molecule has 2 atom stereocenters. The minimum atomic E-state index is 0.0552. The van der Waals surface area contributed by atoms with Crippen LogP contribution >= 0.6 is 0 Å². The minimum Gasteiger partial charge on any atom is -0.380 e. The van der Waals surface area contributed by atoms with Crippen LogP contribution in [0.1, 0.15) is 42.3 Å². The molecule has 2 aliphatic rings. The van der Waals surface area contributed by atoms with Crippen molar-refractivity contribution in [3.8, 4) is 0 Å². The number of ether oxygens (including phenoxy) is 1. The summed E-state index contributed by atoms with van der Waals surface area (Å²) in [6.45, 7) is 6.47. The zero-order valence-corrected chi connectivity index (χ0v) is 14.6. The lowest BCUT2D eigenvalue weighted by Crippen LogP contribution is -2.37. The van der Waals surface area contributed by atoms with Crippen molar-refractivity contribution >= 4 is 5.91 Å². The Bertz CT molecular complexity index is 579. The predicted octanol–water partition coefficient (Wildman–Crippen LogP) is 1.32. The molecule has 1 amide bonds. The van der Waals surface area contributed by atoms with Crippen molar-refractivity contribution in [2.24, 2.45) is 13.0 Å². The second-order valence-corrected chi connectivity index (χ2v) is 6.94. The number of nitrogens with one attached hydrogen (secondary N) is 1. The van der Waals surface area contributed by atoms with E-state index in [0.29, 0.717) is 13.0 Å². The van der Waals surface area contributed by atoms with E-state index in [1.807, 2.05) is 30.6 Å². The SMILES string of the molecule is Cc1nn(C)c(C)c1[C@H]1[C@H](NCCOCC2CC2)CC(=O)N1C. The highest BCUT2D eigenvalue weighted by atomic mass is 16.5. The molecule has 0 bridgehead atoms. The third-order valence-corrected chi connectivity index (χ3v) is 5.15. The molecule has 2 heterocycles. The molecule has 0 spiro atoms. The molecular formula is C17H28N4O2. The molecule has 23 heavy (non-hydrogen) atoms. The van der Waals surface area contributed by atoms with E-state index < -0.39 is 0 Å². The number of hydrogen-bond donors (Lipinski definition) is 1. The number of likely N-dealkylation sites (N-methyl/N-ethyl adjacent to an activating group) is 1. The smallest absolute Gasteiger partial charge is 0.224 e. The van der Waals surface area contributed by atoms with E-state index in [0.717, 1.165) is 30.5 Å². The molecule has 1 aromatic rings. The van der Waals surface area contributed by atoms with Gasteiger partial charge in [-0.1, -0.05) is 0 Å². The molecule has 0 aromatic carbocycles. The summed E-state index contributed by atoms with van der Waals surface area (Å²) in [5, 5.41) is 8.04. The average Bonchev–Trinajstić information content (AvgIpc) is 3.24. The van der Waals surface area contributed by atoms with Gasteiger partial charge in [0.05, 0.1) is 18.3 Å². The Morgan fingerprint density at radius 3 is 2.65 bits per heavy atom. The Hall–Kier alpha value is -1.40. The standard InChI is InChI=1S/C17H28N4O2/c1-11-16(12(2)21(4)19-11)17-14(9-15(22)20(17)3)18-7-8-23-10-13-5-6-13/h13-14,17-18H,5-10H2,1-4H3/t14-,17-/m1/s1. The summed E-state index contributed by atoms with van der Waals surface area (Å²) in [5.41, 5.74) is 3.32. The maximum Gasteiger partial charge on any atom is 0.224 e. The van der Waals surface area contributed by atoms with Crippen molar-refractivity contribution in [2.45, 2.75) is 45.2 Å². The van der Waals surface area contributed by atoms with Crippen LogP contribution < -0.4 is 5.32 Å². The summed E-state index contributed by atoms with van der Waals surface area (Å²) >= 11 is 0. The molecule has 0 radical (unpaired) electrons. The number of likely N-dealkylation sites (tertiary alicyclic amines) is 1. The van der Waals surface area contributed by atoms with Gasteiger partial charge in [-0.15, -0.1) is 0 Å². The lowest BCUT2D eigenvalue weighted by Gasteiger charge is -2.26. The number of aromatic nitrogens is 2. The fourth-order valence-electron chi connectivity index (χ4n) is 3.52. The fraction of sp³-hybridized carbons (Fsp3) is 0.765. The monoisotopic (exact) mass is 320 g/mol. The highest BCUT2D eigenvalue weighted by Crippen LogP contribution is 2.35. The molecule has 6 nitrogen and oxygen atoms in total. The molecule has 3 rings (SSSR count). The molecular weight excluding hydrogens is 292 g/mol. The van der Waals surface area contributed by atoms with Crippen molar-refractivity contribution in [3.63, 3.8) is 0 Å². The van der Waals surface area contributed by atoms with Crippen LogP contribution in [-0.4, -0.2) is 53.4 Å². The van der Waals surface area contributed by atoms with Gasteiger partial charge in [-0.2, -0.15) is 5.10 Å². The Kier molecular flexibility index (Phi) is 4.73. The summed E-state index contributed by atoms with van der Waals surface area (Å²) in [7, 11) is 3.85. The number of carbonyl (C=O) groups is 1. The molecule has 1 N–H and O–H groups in total. The van der Waals surface area contributed by atoms with E-state index in [1.165, 1.54) is 18.4 Å². The van der Waals surface area contributed by atoms with Crippen molar-refractivity contribution < 1.29 is 9.53 Å². The van der Waals surface area contributed by atoms with Gasteiger partial charge in [0.15, 0.2) is 0 Å². The van der Waals surface area contributed by atoms with Gasteiger partial charge in [-0.25, -0.2) is 0 Å². The molecule has 1 aliphatic carbocycles. The van der Waals surface area contributed by atoms with Crippen LogP contribution in [0.2, 0.25) is 0 Å². The van der Waals surface area contributed by atoms with Gasteiger partial charge in [0.2, 0.25) is 5.91 Å². The van der Waals surface area contributed by atoms with E-state index in [-0.39, 0.29) is 18.0 Å². The normalized spacial score (nSPS) is 24.7. The summed E-state index contributed by atoms with van der Waals surface area (Å²) < 4.78 is 7.59. The van der Waals surface area contributed by atoms with Crippen LogP contribution in [-0.2, 0) is 16.6 Å². The van der Waals surface area contributed by atoms with E-state index in [1.54, 1.807) is 0 Å². The van der Waals surface area contributed by atoms with Crippen molar-refractivity contribution in [3.05, 3.63) is 17.0 Å². The van der Waals surface area contributed by atoms with Crippen molar-refractivity contribution in [2.75, 3.05) is 26.8 Å². The van der Waals surface area contributed by atoms with Gasteiger partial charge in [0.25, 0.3) is 0 Å². The summed E-state index contributed by atoms with van der Waals surface area (Å²) in [6.07, 6.45) is 3.17. The molecule has 1 aromatic heterocycles. The lowest BCUT2D eigenvalue weighted by atomic mass is 9.98. The van der Waals surface area contributed by atoms with Gasteiger partial charge >= 0.3 is 0 Å². The third kappa shape index (κ3) is 3.43. The Balaban J connectivity index is 1.64. The number of carbonyl (C=O) groups excluding carboxylic acids is 1. The Morgan fingerprint density at radius 1 is 1.30 bits per heavy atom. The summed E-state index contributed by atoms with van der Waals surface area (Å²) in [5.74, 6) is 0.983. The van der Waals surface area contributed by atoms with Crippen LogP contribution in [0, 0.1) is 19.8 Å². The quantitative estimate of drug-likeness (QED) is 0.770. The van der Waals surface area contributed by atoms with Crippen LogP contribution in [0.15, 0.2) is 0 Å². The van der Waals surface area contributed by atoms with Crippen LogP contribution in [0.3, 0.4) is 0 Å². The Morgan fingerprint density at radius 2 is 2.04 bits per heavy atom. The molecule has 2 fully saturated rings. The zero-order valence-electron chi connectivity index (χ0n) is 14.6. The number of rotatable bonds is 7. The van der Waals surface area contributed by atoms with Gasteiger partial charge in [0, 0.05) is 51.0 Å². The van der Waals surface area contributed by atoms with E-state index >= 15 is 0 Å². The van der Waals surface area contributed by atoms with Gasteiger partial charge in [0.1, 0.15) is 0 Å². The van der Waals surface area contributed by atoms with Gasteiger partial charge in [-0.3, -0.25) is 9.48 Å².